The number of aryl methyl sites for hydroxylation is 1. The standard InChI is InChI=1S/C24H29N3O5/c1-7-15(3)20(25-23(28)16-10-8-14(2)9-11-16)24-26-22(27-32-24)17-12-18(29-4)21(31-6)19(13-17)30-5/h8-13,15,20H,7H2,1-6H3,(H,25,28). The van der Waals surface area contributed by atoms with E-state index in [4.69, 9.17) is 18.7 Å². The summed E-state index contributed by atoms with van der Waals surface area (Å²) in [5.41, 5.74) is 2.31. The SMILES string of the molecule is CCC(C)C(NC(=O)c1ccc(C)cc1)c1nc(-c2cc(OC)c(OC)c(OC)c2)no1. The summed E-state index contributed by atoms with van der Waals surface area (Å²) >= 11 is 0. The predicted molar refractivity (Wildman–Crippen MR) is 120 cm³/mol. The molecule has 0 saturated heterocycles. The number of carbonyl (C=O) groups excluding carboxylic acids is 1. The molecule has 8 heteroatoms. The molecule has 170 valence electrons. The van der Waals surface area contributed by atoms with Gasteiger partial charge in [-0.15, -0.1) is 0 Å². The van der Waals surface area contributed by atoms with E-state index in [-0.39, 0.29) is 11.8 Å². The molecule has 1 amide bonds. The first kappa shape index (κ1) is 23.1. The van der Waals surface area contributed by atoms with Crippen LogP contribution < -0.4 is 19.5 Å². The van der Waals surface area contributed by atoms with Crippen molar-refractivity contribution in [3.8, 4) is 28.6 Å². The zero-order valence-corrected chi connectivity index (χ0v) is 19.3. The molecule has 0 aliphatic rings. The van der Waals surface area contributed by atoms with Crippen LogP contribution in [-0.4, -0.2) is 37.4 Å². The molecule has 1 N–H and O–H groups in total. The van der Waals surface area contributed by atoms with Crippen molar-refractivity contribution in [2.24, 2.45) is 5.92 Å². The van der Waals surface area contributed by atoms with Crippen molar-refractivity contribution in [2.45, 2.75) is 33.2 Å². The van der Waals surface area contributed by atoms with Crippen molar-refractivity contribution in [2.75, 3.05) is 21.3 Å². The highest BCUT2D eigenvalue weighted by Crippen LogP contribution is 2.40. The third-order valence-corrected chi connectivity index (χ3v) is 5.44. The molecule has 0 fully saturated rings. The van der Waals surface area contributed by atoms with Gasteiger partial charge in [0.25, 0.3) is 5.91 Å². The van der Waals surface area contributed by atoms with E-state index in [1.807, 2.05) is 32.9 Å². The summed E-state index contributed by atoms with van der Waals surface area (Å²) in [4.78, 5) is 17.4. The summed E-state index contributed by atoms with van der Waals surface area (Å²) in [5.74, 6) is 2.03. The maximum atomic E-state index is 12.8. The number of hydrogen-bond donors (Lipinski definition) is 1. The summed E-state index contributed by atoms with van der Waals surface area (Å²) in [7, 11) is 4.63. The van der Waals surface area contributed by atoms with Gasteiger partial charge in [0.05, 0.1) is 21.3 Å². The molecule has 0 radical (unpaired) electrons. The topological polar surface area (TPSA) is 95.7 Å². The zero-order chi connectivity index (χ0) is 23.3. The van der Waals surface area contributed by atoms with Crippen LogP contribution in [0.4, 0.5) is 0 Å². The van der Waals surface area contributed by atoms with Crippen LogP contribution in [0.25, 0.3) is 11.4 Å². The lowest BCUT2D eigenvalue weighted by Gasteiger charge is -2.20. The van der Waals surface area contributed by atoms with E-state index in [0.29, 0.717) is 40.1 Å². The Morgan fingerprint density at radius 1 is 1.06 bits per heavy atom. The highest BCUT2D eigenvalue weighted by Gasteiger charge is 2.27. The average molecular weight is 440 g/mol. The number of ether oxygens (including phenoxy) is 3. The summed E-state index contributed by atoms with van der Waals surface area (Å²) in [6, 6.07) is 10.5. The maximum Gasteiger partial charge on any atom is 0.251 e. The van der Waals surface area contributed by atoms with Gasteiger partial charge in [-0.25, -0.2) is 0 Å². The molecule has 2 atom stereocenters. The van der Waals surface area contributed by atoms with Gasteiger partial charge in [0.1, 0.15) is 6.04 Å². The van der Waals surface area contributed by atoms with Crippen LogP contribution in [-0.2, 0) is 0 Å². The van der Waals surface area contributed by atoms with E-state index in [9.17, 15) is 4.79 Å². The zero-order valence-electron chi connectivity index (χ0n) is 19.3. The fraction of sp³-hybridized carbons (Fsp3) is 0.375. The molecule has 1 heterocycles. The van der Waals surface area contributed by atoms with Gasteiger partial charge >= 0.3 is 0 Å². The quantitative estimate of drug-likeness (QED) is 0.521. The largest absolute Gasteiger partial charge is 0.493 e. The Hall–Kier alpha value is -3.55. The normalized spacial score (nSPS) is 12.7. The molecule has 3 rings (SSSR count). The summed E-state index contributed by atoms with van der Waals surface area (Å²) < 4.78 is 21.8. The molecule has 8 nitrogen and oxygen atoms in total. The average Bonchev–Trinajstić information content (AvgIpc) is 3.31. The molecular formula is C24H29N3O5. The number of benzene rings is 2. The van der Waals surface area contributed by atoms with Crippen LogP contribution in [0, 0.1) is 12.8 Å². The highest BCUT2D eigenvalue weighted by molar-refractivity contribution is 5.94. The van der Waals surface area contributed by atoms with Crippen molar-refractivity contribution in [3.63, 3.8) is 0 Å². The molecule has 0 spiro atoms. The minimum atomic E-state index is -0.433. The van der Waals surface area contributed by atoms with Gasteiger partial charge in [0.2, 0.25) is 17.5 Å². The van der Waals surface area contributed by atoms with Gasteiger partial charge in [-0.1, -0.05) is 43.1 Å². The third-order valence-electron chi connectivity index (χ3n) is 5.44. The van der Waals surface area contributed by atoms with Crippen molar-refractivity contribution in [1.29, 1.82) is 0 Å². The molecule has 0 saturated carbocycles. The van der Waals surface area contributed by atoms with Crippen LogP contribution in [0.2, 0.25) is 0 Å². The Kier molecular flexibility index (Phi) is 7.35. The molecule has 2 aromatic carbocycles. The Morgan fingerprint density at radius 2 is 1.69 bits per heavy atom. The van der Waals surface area contributed by atoms with E-state index in [1.165, 1.54) is 0 Å². The summed E-state index contributed by atoms with van der Waals surface area (Å²) in [6.07, 6.45) is 0.820. The van der Waals surface area contributed by atoms with Crippen molar-refractivity contribution in [1.82, 2.24) is 15.5 Å². The minimum absolute atomic E-state index is 0.0811. The third kappa shape index (κ3) is 4.85. The molecule has 0 aliphatic carbocycles. The van der Waals surface area contributed by atoms with Gasteiger partial charge in [0, 0.05) is 11.1 Å². The smallest absolute Gasteiger partial charge is 0.251 e. The molecule has 3 aromatic rings. The van der Waals surface area contributed by atoms with Crippen LogP contribution in [0.3, 0.4) is 0 Å². The summed E-state index contributed by atoms with van der Waals surface area (Å²) in [5, 5.41) is 7.18. The first-order chi connectivity index (χ1) is 15.4. The van der Waals surface area contributed by atoms with E-state index in [2.05, 4.69) is 15.5 Å². The number of rotatable bonds is 9. The van der Waals surface area contributed by atoms with E-state index >= 15 is 0 Å². The first-order valence-electron chi connectivity index (χ1n) is 10.4. The van der Waals surface area contributed by atoms with Crippen molar-refractivity contribution in [3.05, 3.63) is 53.4 Å². The van der Waals surface area contributed by atoms with Crippen LogP contribution >= 0.6 is 0 Å². The molecule has 0 aliphatic heterocycles. The maximum absolute atomic E-state index is 12.8. The van der Waals surface area contributed by atoms with Gasteiger partial charge < -0.3 is 24.1 Å². The Balaban J connectivity index is 1.92. The number of carbonyl (C=O) groups is 1. The van der Waals surface area contributed by atoms with Crippen LogP contribution in [0.15, 0.2) is 40.9 Å². The van der Waals surface area contributed by atoms with Gasteiger partial charge in [-0.3, -0.25) is 4.79 Å². The van der Waals surface area contributed by atoms with E-state index < -0.39 is 6.04 Å². The second kappa shape index (κ2) is 10.2. The number of amides is 1. The number of nitrogens with zero attached hydrogens (tertiary/aromatic N) is 2. The second-order valence-corrected chi connectivity index (χ2v) is 7.57. The van der Waals surface area contributed by atoms with Gasteiger partial charge in [-0.05, 0) is 37.1 Å². The van der Waals surface area contributed by atoms with Gasteiger partial charge in [-0.2, -0.15) is 4.98 Å². The monoisotopic (exact) mass is 439 g/mol. The lowest BCUT2D eigenvalue weighted by Crippen LogP contribution is -2.32. The minimum Gasteiger partial charge on any atom is -0.493 e. The van der Waals surface area contributed by atoms with Crippen LogP contribution in [0.5, 0.6) is 17.2 Å². The van der Waals surface area contributed by atoms with Crippen molar-refractivity contribution < 1.29 is 23.5 Å². The first-order valence-corrected chi connectivity index (χ1v) is 10.4. The molecular weight excluding hydrogens is 410 g/mol. The van der Waals surface area contributed by atoms with Crippen LogP contribution in [0.1, 0.15) is 48.1 Å². The van der Waals surface area contributed by atoms with E-state index in [1.54, 1.807) is 45.6 Å². The Morgan fingerprint density at radius 3 is 2.22 bits per heavy atom. The number of nitrogens with one attached hydrogen (secondary N) is 1. The fourth-order valence-corrected chi connectivity index (χ4v) is 3.30. The highest BCUT2D eigenvalue weighted by atomic mass is 16.5. The molecule has 0 bridgehead atoms. The second-order valence-electron chi connectivity index (χ2n) is 7.57. The number of aromatic nitrogens is 2. The van der Waals surface area contributed by atoms with Crippen molar-refractivity contribution >= 4 is 5.91 Å². The molecule has 32 heavy (non-hydrogen) atoms. The lowest BCUT2D eigenvalue weighted by atomic mass is 9.98. The predicted octanol–water partition coefficient (Wildman–Crippen LogP) is 4.59. The lowest BCUT2D eigenvalue weighted by molar-refractivity contribution is 0.0910. The Bertz CT molecular complexity index is 1040. The van der Waals surface area contributed by atoms with Gasteiger partial charge in [0.15, 0.2) is 11.5 Å². The van der Waals surface area contributed by atoms with E-state index in [0.717, 1.165) is 12.0 Å². The fourth-order valence-electron chi connectivity index (χ4n) is 3.30. The summed E-state index contributed by atoms with van der Waals surface area (Å²) in [6.45, 7) is 6.06. The Labute approximate surface area is 187 Å². The molecule has 1 aromatic heterocycles. The molecule has 2 unspecified atom stereocenters. The number of methoxy groups -OCH3 is 3. The number of hydrogen-bond acceptors (Lipinski definition) is 7.